The second kappa shape index (κ2) is 6.93. The van der Waals surface area contributed by atoms with Crippen molar-refractivity contribution in [3.8, 4) is 0 Å². The second-order valence-corrected chi connectivity index (χ2v) is 3.56. The number of unbranched alkanes of at least 4 members (excludes halogenated alkanes) is 1. The largest absolute Gasteiger partial charge is 0.343 e. The Morgan fingerprint density at radius 1 is 1.31 bits per heavy atom. The highest BCUT2D eigenvalue weighted by molar-refractivity contribution is 5.75. The first kappa shape index (κ1) is 12.5. The molecule has 1 unspecified atom stereocenters. The molecule has 0 saturated heterocycles. The Kier molecular flexibility index (Phi) is 6.65. The molecule has 78 valence electrons. The highest BCUT2D eigenvalue weighted by Crippen LogP contribution is 2.11. The van der Waals surface area contributed by atoms with Crippen LogP contribution in [-0.4, -0.2) is 23.9 Å². The molecule has 0 heterocycles. The van der Waals surface area contributed by atoms with Crippen molar-refractivity contribution in [2.24, 2.45) is 0 Å². The SMILES string of the molecule is CCCCC(CC)N(C)C(=O)CC. The number of carbonyl (C=O) groups is 1. The molecule has 0 aliphatic rings. The monoisotopic (exact) mass is 185 g/mol. The Labute approximate surface area is 82.3 Å². The van der Waals surface area contributed by atoms with E-state index < -0.39 is 0 Å². The maximum atomic E-state index is 11.4. The predicted octanol–water partition coefficient (Wildman–Crippen LogP) is 2.82. The van der Waals surface area contributed by atoms with Gasteiger partial charge < -0.3 is 4.90 Å². The number of hydrogen-bond donors (Lipinski definition) is 0. The van der Waals surface area contributed by atoms with E-state index in [0.29, 0.717) is 12.5 Å². The van der Waals surface area contributed by atoms with Crippen molar-refractivity contribution in [1.82, 2.24) is 4.90 Å². The van der Waals surface area contributed by atoms with Gasteiger partial charge in [-0.2, -0.15) is 0 Å². The van der Waals surface area contributed by atoms with Crippen molar-refractivity contribution in [2.75, 3.05) is 7.05 Å². The van der Waals surface area contributed by atoms with Crippen molar-refractivity contribution in [3.63, 3.8) is 0 Å². The Morgan fingerprint density at radius 2 is 1.92 bits per heavy atom. The topological polar surface area (TPSA) is 20.3 Å². The predicted molar refractivity (Wildman–Crippen MR) is 56.7 cm³/mol. The number of nitrogens with zero attached hydrogens (tertiary/aromatic N) is 1. The summed E-state index contributed by atoms with van der Waals surface area (Å²) in [4.78, 5) is 13.3. The summed E-state index contributed by atoms with van der Waals surface area (Å²) in [7, 11) is 1.93. The van der Waals surface area contributed by atoms with Gasteiger partial charge in [0, 0.05) is 19.5 Å². The van der Waals surface area contributed by atoms with E-state index in [1.807, 2.05) is 18.9 Å². The normalized spacial score (nSPS) is 12.6. The van der Waals surface area contributed by atoms with Crippen molar-refractivity contribution in [1.29, 1.82) is 0 Å². The number of amides is 1. The quantitative estimate of drug-likeness (QED) is 0.623. The van der Waals surface area contributed by atoms with Crippen LogP contribution in [0.5, 0.6) is 0 Å². The smallest absolute Gasteiger partial charge is 0.222 e. The fourth-order valence-corrected chi connectivity index (χ4v) is 1.56. The summed E-state index contributed by atoms with van der Waals surface area (Å²) in [5, 5.41) is 0. The third-order valence-electron chi connectivity index (χ3n) is 2.61. The Morgan fingerprint density at radius 3 is 2.31 bits per heavy atom. The van der Waals surface area contributed by atoms with Gasteiger partial charge in [-0.3, -0.25) is 4.79 Å². The molecule has 1 amide bonds. The highest BCUT2D eigenvalue weighted by Gasteiger charge is 2.15. The molecule has 0 bridgehead atoms. The lowest BCUT2D eigenvalue weighted by Crippen LogP contribution is -2.36. The van der Waals surface area contributed by atoms with Crippen LogP contribution in [0.3, 0.4) is 0 Å². The molecule has 0 aliphatic heterocycles. The Balaban J connectivity index is 3.98. The average molecular weight is 185 g/mol. The van der Waals surface area contributed by atoms with Crippen LogP contribution in [0.4, 0.5) is 0 Å². The molecular formula is C11H23NO. The van der Waals surface area contributed by atoms with Crippen molar-refractivity contribution in [2.45, 2.75) is 58.9 Å². The number of hydrogen-bond acceptors (Lipinski definition) is 1. The van der Waals surface area contributed by atoms with Crippen LogP contribution in [0.15, 0.2) is 0 Å². The molecule has 13 heavy (non-hydrogen) atoms. The van der Waals surface area contributed by atoms with E-state index >= 15 is 0 Å². The summed E-state index contributed by atoms with van der Waals surface area (Å²) in [5.41, 5.74) is 0. The van der Waals surface area contributed by atoms with Crippen LogP contribution in [0.1, 0.15) is 52.9 Å². The molecule has 0 rings (SSSR count). The summed E-state index contributed by atoms with van der Waals surface area (Å²) in [6.07, 6.45) is 5.28. The minimum atomic E-state index is 0.267. The van der Waals surface area contributed by atoms with Crippen LogP contribution in [0.2, 0.25) is 0 Å². The lowest BCUT2D eigenvalue weighted by Gasteiger charge is -2.27. The molecule has 0 spiro atoms. The molecule has 0 aromatic heterocycles. The lowest BCUT2D eigenvalue weighted by atomic mass is 10.1. The first-order valence-corrected chi connectivity index (χ1v) is 5.42. The van der Waals surface area contributed by atoms with Gasteiger partial charge in [0.25, 0.3) is 0 Å². The lowest BCUT2D eigenvalue weighted by molar-refractivity contribution is -0.131. The van der Waals surface area contributed by atoms with Crippen molar-refractivity contribution in [3.05, 3.63) is 0 Å². The van der Waals surface area contributed by atoms with Gasteiger partial charge in [-0.25, -0.2) is 0 Å². The Hall–Kier alpha value is -0.530. The van der Waals surface area contributed by atoms with Crippen LogP contribution in [0, 0.1) is 0 Å². The second-order valence-electron chi connectivity index (χ2n) is 3.56. The first-order chi connectivity index (χ1) is 6.17. The summed E-state index contributed by atoms with van der Waals surface area (Å²) < 4.78 is 0. The van der Waals surface area contributed by atoms with E-state index in [-0.39, 0.29) is 5.91 Å². The summed E-state index contributed by atoms with van der Waals surface area (Å²) in [6, 6.07) is 0.451. The number of carbonyl (C=O) groups excluding carboxylic acids is 1. The molecule has 0 saturated carbocycles. The maximum absolute atomic E-state index is 11.4. The number of rotatable bonds is 6. The Bertz CT molecular complexity index is 145. The fourth-order valence-electron chi connectivity index (χ4n) is 1.56. The van der Waals surface area contributed by atoms with Gasteiger partial charge in [-0.1, -0.05) is 33.6 Å². The molecule has 0 aromatic carbocycles. The van der Waals surface area contributed by atoms with E-state index in [9.17, 15) is 4.79 Å². The minimum absolute atomic E-state index is 0.267. The molecule has 1 atom stereocenters. The van der Waals surface area contributed by atoms with Gasteiger partial charge in [0.05, 0.1) is 0 Å². The van der Waals surface area contributed by atoms with Crippen molar-refractivity contribution < 1.29 is 4.79 Å². The van der Waals surface area contributed by atoms with Gasteiger partial charge >= 0.3 is 0 Å². The van der Waals surface area contributed by atoms with Crippen LogP contribution < -0.4 is 0 Å². The van der Waals surface area contributed by atoms with Gasteiger partial charge in [0.15, 0.2) is 0 Å². The zero-order valence-electron chi connectivity index (χ0n) is 9.47. The van der Waals surface area contributed by atoms with E-state index in [1.165, 1.54) is 12.8 Å². The van der Waals surface area contributed by atoms with Gasteiger partial charge in [-0.05, 0) is 12.8 Å². The molecule has 0 fully saturated rings. The summed E-state index contributed by atoms with van der Waals surface area (Å²) in [5.74, 6) is 0.267. The van der Waals surface area contributed by atoms with Gasteiger partial charge in [0.2, 0.25) is 5.91 Å². The highest BCUT2D eigenvalue weighted by atomic mass is 16.2. The average Bonchev–Trinajstić information content (AvgIpc) is 2.17. The van der Waals surface area contributed by atoms with E-state index in [2.05, 4.69) is 13.8 Å². The maximum Gasteiger partial charge on any atom is 0.222 e. The zero-order valence-corrected chi connectivity index (χ0v) is 9.47. The molecule has 0 radical (unpaired) electrons. The van der Waals surface area contributed by atoms with Crippen LogP contribution >= 0.6 is 0 Å². The van der Waals surface area contributed by atoms with Gasteiger partial charge in [0.1, 0.15) is 0 Å². The third-order valence-corrected chi connectivity index (χ3v) is 2.61. The van der Waals surface area contributed by atoms with E-state index in [1.54, 1.807) is 0 Å². The minimum Gasteiger partial charge on any atom is -0.343 e. The van der Waals surface area contributed by atoms with Gasteiger partial charge in [-0.15, -0.1) is 0 Å². The molecule has 0 aromatic rings. The fraction of sp³-hybridized carbons (Fsp3) is 0.909. The van der Waals surface area contributed by atoms with E-state index in [0.717, 1.165) is 12.8 Å². The van der Waals surface area contributed by atoms with Crippen LogP contribution in [0.25, 0.3) is 0 Å². The molecule has 0 aliphatic carbocycles. The molecule has 2 nitrogen and oxygen atoms in total. The summed E-state index contributed by atoms with van der Waals surface area (Å²) >= 11 is 0. The zero-order chi connectivity index (χ0) is 10.3. The third kappa shape index (κ3) is 4.30. The standard InChI is InChI=1S/C11H23NO/c1-5-8-9-10(6-2)12(4)11(13)7-3/h10H,5-9H2,1-4H3. The van der Waals surface area contributed by atoms with E-state index in [4.69, 9.17) is 0 Å². The van der Waals surface area contributed by atoms with Crippen molar-refractivity contribution >= 4 is 5.91 Å². The molecular weight excluding hydrogens is 162 g/mol. The first-order valence-electron chi connectivity index (χ1n) is 5.42. The molecule has 2 heteroatoms. The molecule has 0 N–H and O–H groups in total. The van der Waals surface area contributed by atoms with Crippen LogP contribution in [-0.2, 0) is 4.79 Å². The summed E-state index contributed by atoms with van der Waals surface area (Å²) in [6.45, 7) is 6.26.